The van der Waals surface area contributed by atoms with Crippen molar-refractivity contribution in [3.63, 3.8) is 0 Å². The quantitative estimate of drug-likeness (QED) is 0.769. The van der Waals surface area contributed by atoms with Crippen molar-refractivity contribution in [1.82, 2.24) is 0 Å². The molecule has 2 heteroatoms. The highest BCUT2D eigenvalue weighted by Gasteiger charge is 2.30. The summed E-state index contributed by atoms with van der Waals surface area (Å²) in [5, 5.41) is 21.1. The van der Waals surface area contributed by atoms with Gasteiger partial charge in [0.25, 0.3) is 0 Å². The van der Waals surface area contributed by atoms with E-state index in [1.54, 1.807) is 6.07 Å². The van der Waals surface area contributed by atoms with E-state index in [1.807, 2.05) is 20.8 Å². The van der Waals surface area contributed by atoms with Gasteiger partial charge in [0.15, 0.2) is 0 Å². The Morgan fingerprint density at radius 2 is 2.00 bits per heavy atom. The molecule has 114 valence electrons. The maximum atomic E-state index is 10.7. The van der Waals surface area contributed by atoms with Crippen LogP contribution >= 0.6 is 0 Å². The fraction of sp³-hybridized carbons (Fsp3) is 0.474. The molecule has 0 aliphatic heterocycles. The van der Waals surface area contributed by atoms with Crippen LogP contribution in [0.4, 0.5) is 0 Å². The number of rotatable bonds is 3. The first-order valence-electron chi connectivity index (χ1n) is 7.73. The highest BCUT2D eigenvalue weighted by molar-refractivity contribution is 5.56. The van der Waals surface area contributed by atoms with Crippen molar-refractivity contribution in [2.75, 3.05) is 0 Å². The standard InChI is InChI=1S/C19H26O2/c1-6-14-13(5)10-17(20)18(19(14)21)16-9-12(4)7-8-15(16)11(2)3/h9-10,15-16,20-21H,2,6-8H2,1,3-5H3. The second-order valence-electron chi connectivity index (χ2n) is 6.34. The summed E-state index contributed by atoms with van der Waals surface area (Å²) in [6.45, 7) is 12.2. The number of aromatic hydroxyl groups is 2. The third kappa shape index (κ3) is 2.85. The molecule has 2 atom stereocenters. The lowest BCUT2D eigenvalue weighted by Crippen LogP contribution is -2.17. The highest BCUT2D eigenvalue weighted by Crippen LogP contribution is 2.47. The number of benzene rings is 1. The molecule has 0 saturated carbocycles. The van der Waals surface area contributed by atoms with Crippen molar-refractivity contribution in [2.24, 2.45) is 5.92 Å². The molecule has 2 rings (SSSR count). The lowest BCUT2D eigenvalue weighted by Gasteiger charge is -2.32. The van der Waals surface area contributed by atoms with Crippen LogP contribution in [0.5, 0.6) is 11.5 Å². The van der Waals surface area contributed by atoms with Crippen LogP contribution < -0.4 is 0 Å². The molecular formula is C19H26O2. The van der Waals surface area contributed by atoms with Gasteiger partial charge in [-0.3, -0.25) is 0 Å². The summed E-state index contributed by atoms with van der Waals surface area (Å²) < 4.78 is 0. The molecule has 1 aliphatic carbocycles. The van der Waals surface area contributed by atoms with Crippen molar-refractivity contribution in [3.05, 3.63) is 46.6 Å². The van der Waals surface area contributed by atoms with Crippen LogP contribution in [0.1, 0.15) is 56.2 Å². The van der Waals surface area contributed by atoms with Crippen molar-refractivity contribution >= 4 is 0 Å². The van der Waals surface area contributed by atoms with Gasteiger partial charge in [-0.05, 0) is 63.1 Å². The van der Waals surface area contributed by atoms with Gasteiger partial charge in [-0.2, -0.15) is 0 Å². The van der Waals surface area contributed by atoms with Crippen LogP contribution in [0, 0.1) is 12.8 Å². The average Bonchev–Trinajstić information content (AvgIpc) is 2.38. The summed E-state index contributed by atoms with van der Waals surface area (Å²) in [7, 11) is 0. The van der Waals surface area contributed by atoms with Gasteiger partial charge in [-0.1, -0.05) is 30.7 Å². The van der Waals surface area contributed by atoms with Gasteiger partial charge in [-0.15, -0.1) is 0 Å². The van der Waals surface area contributed by atoms with Crippen molar-refractivity contribution in [1.29, 1.82) is 0 Å². The number of aryl methyl sites for hydroxylation is 1. The molecule has 0 amide bonds. The van der Waals surface area contributed by atoms with E-state index in [0.717, 1.165) is 36.0 Å². The van der Waals surface area contributed by atoms with E-state index in [9.17, 15) is 10.2 Å². The molecule has 1 aromatic rings. The van der Waals surface area contributed by atoms with Crippen molar-refractivity contribution < 1.29 is 10.2 Å². The molecule has 2 N–H and O–H groups in total. The Balaban J connectivity index is 2.63. The SMILES string of the molecule is C=C(C)C1CCC(C)=CC1c1c(O)cc(C)c(CC)c1O. The number of phenolic OH excluding ortho intramolecular Hbond substituents is 2. The van der Waals surface area contributed by atoms with E-state index in [0.29, 0.717) is 5.56 Å². The predicted octanol–water partition coefficient (Wildman–Crippen LogP) is 4.98. The van der Waals surface area contributed by atoms with Gasteiger partial charge in [0.05, 0.1) is 0 Å². The largest absolute Gasteiger partial charge is 0.507 e. The van der Waals surface area contributed by atoms with Crippen LogP contribution in [0.3, 0.4) is 0 Å². The normalized spacial score (nSPS) is 22.0. The molecule has 0 bridgehead atoms. The lowest BCUT2D eigenvalue weighted by atomic mass is 9.73. The minimum atomic E-state index is 0.0159. The van der Waals surface area contributed by atoms with Crippen LogP contribution in [0.15, 0.2) is 29.9 Å². The summed E-state index contributed by atoms with van der Waals surface area (Å²) in [5.74, 6) is 0.752. The van der Waals surface area contributed by atoms with E-state index in [4.69, 9.17) is 0 Å². The minimum Gasteiger partial charge on any atom is -0.507 e. The van der Waals surface area contributed by atoms with Crippen LogP contribution in [0.2, 0.25) is 0 Å². The number of allylic oxidation sites excluding steroid dienone is 3. The van der Waals surface area contributed by atoms with E-state index in [2.05, 4.69) is 19.6 Å². The maximum absolute atomic E-state index is 10.7. The van der Waals surface area contributed by atoms with E-state index >= 15 is 0 Å². The van der Waals surface area contributed by atoms with Gasteiger partial charge in [0.1, 0.15) is 11.5 Å². The first kappa shape index (κ1) is 15.7. The zero-order chi connectivity index (χ0) is 15.7. The molecule has 0 spiro atoms. The fourth-order valence-corrected chi connectivity index (χ4v) is 3.52. The average molecular weight is 286 g/mol. The van der Waals surface area contributed by atoms with E-state index in [1.165, 1.54) is 5.57 Å². The van der Waals surface area contributed by atoms with Gasteiger partial charge in [0.2, 0.25) is 0 Å². The van der Waals surface area contributed by atoms with Crippen molar-refractivity contribution in [2.45, 2.75) is 52.9 Å². The summed E-state index contributed by atoms with van der Waals surface area (Å²) >= 11 is 0. The molecule has 2 unspecified atom stereocenters. The van der Waals surface area contributed by atoms with Gasteiger partial charge in [-0.25, -0.2) is 0 Å². The summed E-state index contributed by atoms with van der Waals surface area (Å²) in [6, 6.07) is 1.78. The first-order valence-corrected chi connectivity index (χ1v) is 7.73. The van der Waals surface area contributed by atoms with Gasteiger partial charge < -0.3 is 10.2 Å². The molecular weight excluding hydrogens is 260 g/mol. The van der Waals surface area contributed by atoms with Crippen LogP contribution in [-0.2, 0) is 6.42 Å². The number of phenols is 2. The third-order valence-electron chi connectivity index (χ3n) is 4.71. The number of hydrogen-bond acceptors (Lipinski definition) is 2. The topological polar surface area (TPSA) is 40.5 Å². The number of hydrogen-bond donors (Lipinski definition) is 2. The van der Waals surface area contributed by atoms with E-state index < -0.39 is 0 Å². The predicted molar refractivity (Wildman–Crippen MR) is 87.9 cm³/mol. The molecule has 0 heterocycles. The molecule has 21 heavy (non-hydrogen) atoms. The second-order valence-corrected chi connectivity index (χ2v) is 6.34. The van der Waals surface area contributed by atoms with Crippen molar-refractivity contribution in [3.8, 4) is 11.5 Å². The molecule has 0 fully saturated rings. The summed E-state index contributed by atoms with van der Waals surface area (Å²) in [4.78, 5) is 0. The fourth-order valence-electron chi connectivity index (χ4n) is 3.52. The molecule has 1 aliphatic rings. The Kier molecular flexibility index (Phi) is 4.46. The molecule has 0 radical (unpaired) electrons. The Hall–Kier alpha value is -1.70. The zero-order valence-corrected chi connectivity index (χ0v) is 13.5. The molecule has 0 aromatic heterocycles. The molecule has 2 nitrogen and oxygen atoms in total. The van der Waals surface area contributed by atoms with Gasteiger partial charge >= 0.3 is 0 Å². The monoisotopic (exact) mass is 286 g/mol. The Morgan fingerprint density at radius 1 is 1.33 bits per heavy atom. The summed E-state index contributed by atoms with van der Waals surface area (Å²) in [5.41, 5.74) is 4.97. The Morgan fingerprint density at radius 3 is 2.57 bits per heavy atom. The minimum absolute atomic E-state index is 0.0159. The highest BCUT2D eigenvalue weighted by atomic mass is 16.3. The lowest BCUT2D eigenvalue weighted by molar-refractivity contribution is 0.403. The zero-order valence-electron chi connectivity index (χ0n) is 13.5. The smallest absolute Gasteiger partial charge is 0.126 e. The Bertz CT molecular complexity index is 596. The van der Waals surface area contributed by atoms with E-state index in [-0.39, 0.29) is 23.3 Å². The Labute approximate surface area is 127 Å². The first-order chi connectivity index (χ1) is 9.86. The van der Waals surface area contributed by atoms with Crippen LogP contribution in [0.25, 0.3) is 0 Å². The van der Waals surface area contributed by atoms with Gasteiger partial charge in [0, 0.05) is 11.5 Å². The molecule has 1 aromatic carbocycles. The second kappa shape index (κ2) is 5.97. The summed E-state index contributed by atoms with van der Waals surface area (Å²) in [6.07, 6.45) is 5.03. The maximum Gasteiger partial charge on any atom is 0.126 e. The molecule has 0 saturated heterocycles. The van der Waals surface area contributed by atoms with Crippen LogP contribution in [-0.4, -0.2) is 10.2 Å². The third-order valence-corrected chi connectivity index (χ3v) is 4.71.